The smallest absolute Gasteiger partial charge is 0.127 e. The van der Waals surface area contributed by atoms with Crippen molar-refractivity contribution in [3.05, 3.63) is 54.0 Å². The van der Waals surface area contributed by atoms with Gasteiger partial charge in [0.2, 0.25) is 0 Å². The molecule has 2 rings (SSSR count). The monoisotopic (exact) mass is 270 g/mol. The summed E-state index contributed by atoms with van der Waals surface area (Å²) in [6.07, 6.45) is 3.58. The summed E-state index contributed by atoms with van der Waals surface area (Å²) in [5.74, 6) is 0.890. The molecule has 2 aromatic rings. The number of hydrogen-bond donors (Lipinski definition) is 0. The number of anilines is 1. The first kappa shape index (κ1) is 14.4. The summed E-state index contributed by atoms with van der Waals surface area (Å²) < 4.78 is 5.34. The van der Waals surface area contributed by atoms with E-state index < -0.39 is 0 Å². The van der Waals surface area contributed by atoms with Gasteiger partial charge >= 0.3 is 0 Å². The summed E-state index contributed by atoms with van der Waals surface area (Å²) in [4.78, 5) is 6.85. The van der Waals surface area contributed by atoms with Crippen LogP contribution in [0.1, 0.15) is 38.1 Å². The van der Waals surface area contributed by atoms with Crippen LogP contribution in [-0.2, 0) is 0 Å². The summed E-state index contributed by atoms with van der Waals surface area (Å²) in [6.45, 7) is 8.42. The third-order valence-corrected chi connectivity index (χ3v) is 3.42. The van der Waals surface area contributed by atoms with E-state index in [4.69, 9.17) is 4.42 Å². The van der Waals surface area contributed by atoms with E-state index in [1.807, 2.05) is 25.3 Å². The van der Waals surface area contributed by atoms with E-state index in [0.717, 1.165) is 24.4 Å². The van der Waals surface area contributed by atoms with E-state index in [1.54, 1.807) is 6.26 Å². The highest BCUT2D eigenvalue weighted by molar-refractivity contribution is 5.80. The first-order chi connectivity index (χ1) is 9.74. The molecule has 0 saturated heterocycles. The average molecular weight is 270 g/mol. The van der Waals surface area contributed by atoms with E-state index in [0.29, 0.717) is 0 Å². The highest BCUT2D eigenvalue weighted by Gasteiger charge is 2.04. The van der Waals surface area contributed by atoms with E-state index in [2.05, 4.69) is 48.0 Å². The summed E-state index contributed by atoms with van der Waals surface area (Å²) >= 11 is 0. The number of hydrogen-bond acceptors (Lipinski definition) is 3. The van der Waals surface area contributed by atoms with Crippen molar-refractivity contribution in [2.75, 3.05) is 18.0 Å². The average Bonchev–Trinajstić information content (AvgIpc) is 3.01. The van der Waals surface area contributed by atoms with Gasteiger partial charge in [-0.25, -0.2) is 0 Å². The molecule has 1 aromatic carbocycles. The van der Waals surface area contributed by atoms with Crippen molar-refractivity contribution in [1.82, 2.24) is 0 Å². The zero-order chi connectivity index (χ0) is 14.4. The third kappa shape index (κ3) is 3.50. The van der Waals surface area contributed by atoms with Crippen LogP contribution in [0.5, 0.6) is 0 Å². The van der Waals surface area contributed by atoms with Gasteiger partial charge in [-0.15, -0.1) is 0 Å². The third-order valence-electron chi connectivity index (χ3n) is 3.42. The first-order valence-electron chi connectivity index (χ1n) is 7.16. The minimum absolute atomic E-state index is 0.0486. The highest BCUT2D eigenvalue weighted by atomic mass is 16.3. The van der Waals surface area contributed by atoms with Crippen molar-refractivity contribution in [2.45, 2.75) is 26.8 Å². The van der Waals surface area contributed by atoms with Crippen LogP contribution in [0.2, 0.25) is 0 Å². The number of aliphatic imine (C=N–C) groups is 1. The Morgan fingerprint density at radius 3 is 2.40 bits per heavy atom. The molecule has 3 heteroatoms. The molecule has 0 fully saturated rings. The van der Waals surface area contributed by atoms with Crippen LogP contribution in [0.15, 0.2) is 52.1 Å². The largest absolute Gasteiger partial charge is 0.467 e. The minimum Gasteiger partial charge on any atom is -0.467 e. The van der Waals surface area contributed by atoms with E-state index in [-0.39, 0.29) is 6.04 Å². The second kappa shape index (κ2) is 6.94. The molecule has 1 atom stereocenters. The molecule has 0 unspecified atom stereocenters. The Bertz CT molecular complexity index is 525. The van der Waals surface area contributed by atoms with Gasteiger partial charge in [-0.1, -0.05) is 12.1 Å². The zero-order valence-corrected chi connectivity index (χ0v) is 12.4. The van der Waals surface area contributed by atoms with Gasteiger partial charge in [-0.05, 0) is 50.6 Å². The second-order valence-corrected chi connectivity index (χ2v) is 4.73. The van der Waals surface area contributed by atoms with Gasteiger partial charge in [0.25, 0.3) is 0 Å². The Hall–Kier alpha value is -2.03. The first-order valence-corrected chi connectivity index (χ1v) is 7.16. The van der Waals surface area contributed by atoms with Crippen LogP contribution < -0.4 is 4.90 Å². The van der Waals surface area contributed by atoms with Crippen molar-refractivity contribution >= 4 is 11.9 Å². The van der Waals surface area contributed by atoms with E-state index >= 15 is 0 Å². The van der Waals surface area contributed by atoms with Crippen molar-refractivity contribution in [3.63, 3.8) is 0 Å². The lowest BCUT2D eigenvalue weighted by molar-refractivity contribution is 0.481. The molecule has 0 bridgehead atoms. The van der Waals surface area contributed by atoms with Gasteiger partial charge in [0.05, 0.1) is 6.26 Å². The van der Waals surface area contributed by atoms with Gasteiger partial charge < -0.3 is 9.32 Å². The van der Waals surface area contributed by atoms with Gasteiger partial charge in [-0.3, -0.25) is 4.99 Å². The molecule has 0 saturated carbocycles. The molecule has 0 spiro atoms. The molecule has 3 nitrogen and oxygen atoms in total. The van der Waals surface area contributed by atoms with Crippen molar-refractivity contribution in [3.8, 4) is 0 Å². The van der Waals surface area contributed by atoms with Gasteiger partial charge in [0, 0.05) is 25.0 Å². The fourth-order valence-electron chi connectivity index (χ4n) is 2.16. The number of furan rings is 1. The Kier molecular flexibility index (Phi) is 4.99. The molecule has 1 heterocycles. The molecule has 0 aliphatic rings. The lowest BCUT2D eigenvalue weighted by atomic mass is 10.2. The van der Waals surface area contributed by atoms with E-state index in [9.17, 15) is 0 Å². The molecule has 1 aromatic heterocycles. The molecule has 20 heavy (non-hydrogen) atoms. The van der Waals surface area contributed by atoms with Crippen molar-refractivity contribution in [1.29, 1.82) is 0 Å². The summed E-state index contributed by atoms with van der Waals surface area (Å²) in [6, 6.07) is 12.4. The standard InChI is InChI=1S/C17H22N2O/c1-4-19(5-2)16-10-8-15(9-11-16)13-18-14(3)17-7-6-12-20-17/h6-14H,4-5H2,1-3H3/t14-/m1/s1. The molecule has 0 radical (unpaired) electrons. The molecule has 0 amide bonds. The predicted molar refractivity (Wildman–Crippen MR) is 84.7 cm³/mol. The number of benzene rings is 1. The van der Waals surface area contributed by atoms with Gasteiger partial charge in [-0.2, -0.15) is 0 Å². The maximum Gasteiger partial charge on any atom is 0.127 e. The Labute approximate surface area is 120 Å². The Morgan fingerprint density at radius 1 is 1.15 bits per heavy atom. The van der Waals surface area contributed by atoms with Crippen LogP contribution in [0.4, 0.5) is 5.69 Å². The zero-order valence-electron chi connectivity index (χ0n) is 12.4. The quantitative estimate of drug-likeness (QED) is 0.732. The topological polar surface area (TPSA) is 28.7 Å². The van der Waals surface area contributed by atoms with Crippen LogP contribution in [0.25, 0.3) is 0 Å². The van der Waals surface area contributed by atoms with Crippen molar-refractivity contribution in [2.24, 2.45) is 4.99 Å². The second-order valence-electron chi connectivity index (χ2n) is 4.73. The van der Waals surface area contributed by atoms with E-state index in [1.165, 1.54) is 5.69 Å². The number of nitrogens with zero attached hydrogens (tertiary/aromatic N) is 2. The SMILES string of the molecule is CCN(CC)c1ccc(C=N[C@H](C)c2ccco2)cc1. The lowest BCUT2D eigenvalue weighted by Crippen LogP contribution is -2.21. The van der Waals surface area contributed by atoms with Gasteiger partial charge in [0.15, 0.2) is 0 Å². The molecule has 106 valence electrons. The molecular formula is C17H22N2O. The summed E-state index contributed by atoms with van der Waals surface area (Å²) in [5.41, 5.74) is 2.37. The molecular weight excluding hydrogens is 248 g/mol. The summed E-state index contributed by atoms with van der Waals surface area (Å²) in [7, 11) is 0. The van der Waals surface area contributed by atoms with Crippen LogP contribution >= 0.6 is 0 Å². The highest BCUT2D eigenvalue weighted by Crippen LogP contribution is 2.17. The van der Waals surface area contributed by atoms with Crippen LogP contribution in [0, 0.1) is 0 Å². The van der Waals surface area contributed by atoms with Gasteiger partial charge in [0.1, 0.15) is 11.8 Å². The molecule has 0 N–H and O–H groups in total. The Balaban J connectivity index is 2.03. The summed E-state index contributed by atoms with van der Waals surface area (Å²) in [5, 5.41) is 0. The van der Waals surface area contributed by atoms with Crippen LogP contribution in [0.3, 0.4) is 0 Å². The van der Waals surface area contributed by atoms with Crippen LogP contribution in [-0.4, -0.2) is 19.3 Å². The molecule has 0 aliphatic heterocycles. The number of rotatable bonds is 6. The fourth-order valence-corrected chi connectivity index (χ4v) is 2.16. The maximum atomic E-state index is 5.34. The minimum atomic E-state index is 0.0486. The maximum absolute atomic E-state index is 5.34. The van der Waals surface area contributed by atoms with Crippen molar-refractivity contribution < 1.29 is 4.42 Å². The fraction of sp³-hybridized carbons (Fsp3) is 0.353. The molecule has 0 aliphatic carbocycles. The normalized spacial score (nSPS) is 12.8. The predicted octanol–water partition coefficient (Wildman–Crippen LogP) is 4.31. The lowest BCUT2D eigenvalue weighted by Gasteiger charge is -2.20. The Morgan fingerprint density at radius 2 is 1.85 bits per heavy atom.